The molecule has 1 amide bonds. The number of para-hydroxylation sites is 1. The summed E-state index contributed by atoms with van der Waals surface area (Å²) in [6, 6.07) is 15.7. The normalized spacial score (nSPS) is 10.9. The predicted octanol–water partition coefficient (Wildman–Crippen LogP) is 3.93. The number of rotatable bonds is 3. The Morgan fingerprint density at radius 1 is 1.07 bits per heavy atom. The monoisotopic (exact) mass is 360 g/mol. The highest BCUT2D eigenvalue weighted by Gasteiger charge is 2.17. The minimum Gasteiger partial charge on any atom is -0.345 e. The van der Waals surface area contributed by atoms with Gasteiger partial charge in [0.15, 0.2) is 0 Å². The van der Waals surface area contributed by atoms with Crippen molar-refractivity contribution in [2.24, 2.45) is 0 Å². The average Bonchev–Trinajstić information content (AvgIpc) is 3.17. The smallest absolute Gasteiger partial charge is 0.254 e. The van der Waals surface area contributed by atoms with E-state index in [0.717, 1.165) is 11.3 Å². The second-order valence-corrected chi connectivity index (χ2v) is 6.43. The molecule has 27 heavy (non-hydrogen) atoms. The molecule has 0 N–H and O–H groups in total. The van der Waals surface area contributed by atoms with Crippen LogP contribution in [0.15, 0.2) is 67.0 Å². The Bertz CT molecular complexity index is 1140. The zero-order valence-electron chi connectivity index (χ0n) is 14.9. The highest BCUT2D eigenvalue weighted by molar-refractivity contribution is 6.07. The van der Waals surface area contributed by atoms with Crippen LogP contribution in [0.4, 0.5) is 4.39 Å². The molecule has 0 bridgehead atoms. The zero-order chi connectivity index (χ0) is 19.0. The molecule has 0 aliphatic carbocycles. The van der Waals surface area contributed by atoms with Gasteiger partial charge in [0, 0.05) is 37.3 Å². The Hall–Kier alpha value is -3.54. The van der Waals surface area contributed by atoms with Crippen molar-refractivity contribution in [2.45, 2.75) is 0 Å². The van der Waals surface area contributed by atoms with Crippen LogP contribution in [0.3, 0.4) is 0 Å². The van der Waals surface area contributed by atoms with Gasteiger partial charge in [-0.1, -0.05) is 18.2 Å². The summed E-state index contributed by atoms with van der Waals surface area (Å²) in [5.41, 5.74) is 3.15. The van der Waals surface area contributed by atoms with Crippen LogP contribution >= 0.6 is 0 Å². The second kappa shape index (κ2) is 6.64. The molecule has 0 aliphatic heterocycles. The fourth-order valence-electron chi connectivity index (χ4n) is 2.94. The van der Waals surface area contributed by atoms with E-state index >= 15 is 0 Å². The van der Waals surface area contributed by atoms with Gasteiger partial charge in [-0.15, -0.1) is 0 Å². The van der Waals surface area contributed by atoms with Gasteiger partial charge in [-0.25, -0.2) is 14.1 Å². The van der Waals surface area contributed by atoms with Gasteiger partial charge < -0.3 is 4.90 Å². The molecular formula is C21H17FN4O. The molecule has 2 aromatic carbocycles. The number of pyridine rings is 1. The molecule has 4 aromatic rings. The highest BCUT2D eigenvalue weighted by atomic mass is 19.1. The number of benzene rings is 2. The van der Waals surface area contributed by atoms with Gasteiger partial charge in [0.05, 0.1) is 28.7 Å². The summed E-state index contributed by atoms with van der Waals surface area (Å²) >= 11 is 0. The number of carbonyl (C=O) groups is 1. The maximum Gasteiger partial charge on any atom is 0.254 e. The molecule has 0 radical (unpaired) electrons. The van der Waals surface area contributed by atoms with E-state index in [9.17, 15) is 9.18 Å². The number of hydrogen-bond acceptors (Lipinski definition) is 3. The van der Waals surface area contributed by atoms with Gasteiger partial charge in [0.2, 0.25) is 0 Å². The summed E-state index contributed by atoms with van der Waals surface area (Å²) in [4.78, 5) is 18.7. The fraction of sp³-hybridized carbons (Fsp3) is 0.0952. The molecule has 0 saturated heterocycles. The van der Waals surface area contributed by atoms with E-state index in [2.05, 4.69) is 10.1 Å². The number of amides is 1. The van der Waals surface area contributed by atoms with Gasteiger partial charge >= 0.3 is 0 Å². The highest BCUT2D eigenvalue weighted by Crippen LogP contribution is 2.26. The van der Waals surface area contributed by atoms with Gasteiger partial charge in [-0.3, -0.25) is 4.79 Å². The molecule has 0 fully saturated rings. The largest absolute Gasteiger partial charge is 0.345 e. The van der Waals surface area contributed by atoms with Crippen LogP contribution in [0.5, 0.6) is 0 Å². The van der Waals surface area contributed by atoms with Gasteiger partial charge in [0.1, 0.15) is 5.82 Å². The van der Waals surface area contributed by atoms with E-state index < -0.39 is 5.82 Å². The molecule has 2 heterocycles. The number of aromatic nitrogens is 3. The SMILES string of the molecule is CN(C)C(=O)c1cc(-c2cnn(-c3ccccc3)c2)nc2cc(F)ccc12. The fourth-order valence-corrected chi connectivity index (χ4v) is 2.94. The zero-order valence-corrected chi connectivity index (χ0v) is 14.9. The lowest BCUT2D eigenvalue weighted by Crippen LogP contribution is -2.22. The van der Waals surface area contributed by atoms with Crippen molar-refractivity contribution >= 4 is 16.8 Å². The van der Waals surface area contributed by atoms with Crippen LogP contribution in [-0.2, 0) is 0 Å². The Morgan fingerprint density at radius 3 is 2.59 bits per heavy atom. The minimum atomic E-state index is -0.393. The molecular weight excluding hydrogens is 343 g/mol. The first-order valence-corrected chi connectivity index (χ1v) is 8.45. The topological polar surface area (TPSA) is 51.0 Å². The summed E-state index contributed by atoms with van der Waals surface area (Å²) in [6.07, 6.45) is 3.52. The van der Waals surface area contributed by atoms with Gasteiger partial charge in [-0.05, 0) is 30.3 Å². The number of halogens is 1. The van der Waals surface area contributed by atoms with E-state index in [0.29, 0.717) is 22.2 Å². The van der Waals surface area contributed by atoms with Crippen LogP contribution in [-0.4, -0.2) is 39.7 Å². The molecule has 0 saturated carbocycles. The Kier molecular flexibility index (Phi) is 4.16. The lowest BCUT2D eigenvalue weighted by atomic mass is 10.0. The molecule has 0 aliphatic rings. The molecule has 6 heteroatoms. The third-order valence-electron chi connectivity index (χ3n) is 4.31. The third-order valence-corrected chi connectivity index (χ3v) is 4.31. The van der Waals surface area contributed by atoms with Crippen molar-refractivity contribution in [3.63, 3.8) is 0 Å². The van der Waals surface area contributed by atoms with E-state index in [-0.39, 0.29) is 5.91 Å². The first-order valence-electron chi connectivity index (χ1n) is 8.45. The van der Waals surface area contributed by atoms with Gasteiger partial charge in [0.25, 0.3) is 5.91 Å². The lowest BCUT2D eigenvalue weighted by Gasteiger charge is -2.13. The van der Waals surface area contributed by atoms with E-state index in [1.54, 1.807) is 37.1 Å². The standard InChI is InChI=1S/C21H17FN4O/c1-25(2)21(27)18-11-19(24-20-10-15(22)8-9-17(18)20)14-12-23-26(13-14)16-6-4-3-5-7-16/h3-13H,1-2H3. The molecule has 134 valence electrons. The lowest BCUT2D eigenvalue weighted by molar-refractivity contribution is 0.0829. The van der Waals surface area contributed by atoms with E-state index in [1.807, 2.05) is 36.5 Å². The van der Waals surface area contributed by atoms with E-state index in [1.165, 1.54) is 17.0 Å². The Labute approximate surface area is 155 Å². The quantitative estimate of drug-likeness (QED) is 0.556. The number of hydrogen-bond donors (Lipinski definition) is 0. The first kappa shape index (κ1) is 16.9. The molecule has 0 unspecified atom stereocenters. The Balaban J connectivity index is 1.87. The van der Waals surface area contributed by atoms with E-state index in [4.69, 9.17) is 0 Å². The minimum absolute atomic E-state index is 0.161. The number of fused-ring (bicyclic) bond motifs is 1. The summed E-state index contributed by atoms with van der Waals surface area (Å²) in [6.45, 7) is 0. The maximum absolute atomic E-state index is 13.7. The van der Waals surface area contributed by atoms with Crippen LogP contribution in [0.2, 0.25) is 0 Å². The van der Waals surface area contributed by atoms with Gasteiger partial charge in [-0.2, -0.15) is 5.10 Å². The average molecular weight is 360 g/mol. The van der Waals surface area contributed by atoms with Crippen LogP contribution in [0.25, 0.3) is 27.8 Å². The maximum atomic E-state index is 13.7. The third kappa shape index (κ3) is 3.17. The predicted molar refractivity (Wildman–Crippen MR) is 102 cm³/mol. The molecule has 5 nitrogen and oxygen atoms in total. The first-order chi connectivity index (χ1) is 13.0. The number of nitrogens with zero attached hydrogens (tertiary/aromatic N) is 4. The van der Waals surface area contributed by atoms with Crippen LogP contribution in [0, 0.1) is 5.82 Å². The number of carbonyl (C=O) groups excluding carboxylic acids is 1. The van der Waals surface area contributed by atoms with Crippen molar-refractivity contribution in [1.29, 1.82) is 0 Å². The summed E-state index contributed by atoms with van der Waals surface area (Å²) in [5, 5.41) is 5.00. The van der Waals surface area contributed by atoms with Crippen molar-refractivity contribution in [2.75, 3.05) is 14.1 Å². The van der Waals surface area contributed by atoms with Crippen molar-refractivity contribution in [3.8, 4) is 16.9 Å². The summed E-state index contributed by atoms with van der Waals surface area (Å²) < 4.78 is 15.5. The molecule has 4 rings (SSSR count). The molecule has 0 spiro atoms. The molecule has 0 atom stereocenters. The second-order valence-electron chi connectivity index (χ2n) is 6.43. The summed E-state index contributed by atoms with van der Waals surface area (Å²) in [5.74, 6) is -0.555. The van der Waals surface area contributed by atoms with Crippen LogP contribution < -0.4 is 0 Å². The molecule has 2 aromatic heterocycles. The van der Waals surface area contributed by atoms with Crippen molar-refractivity contribution in [3.05, 3.63) is 78.4 Å². The van der Waals surface area contributed by atoms with Crippen molar-refractivity contribution < 1.29 is 9.18 Å². The Morgan fingerprint density at radius 2 is 1.85 bits per heavy atom. The summed E-state index contributed by atoms with van der Waals surface area (Å²) in [7, 11) is 3.37. The van der Waals surface area contributed by atoms with Crippen molar-refractivity contribution in [1.82, 2.24) is 19.7 Å². The van der Waals surface area contributed by atoms with Crippen LogP contribution in [0.1, 0.15) is 10.4 Å².